The average molecular weight is 479 g/mol. The molecule has 1 fully saturated rings. The molecule has 1 aliphatic heterocycles. The molecule has 2 heterocycles. The number of aromatic nitrogens is 3. The van der Waals surface area contributed by atoms with E-state index in [1.54, 1.807) is 29.1 Å². The first-order valence-electron chi connectivity index (χ1n) is 10.5. The van der Waals surface area contributed by atoms with Gasteiger partial charge >= 0.3 is 0 Å². The summed E-state index contributed by atoms with van der Waals surface area (Å²) < 4.78 is 62.3. The number of nitrogens with one attached hydrogen (secondary N) is 1. The van der Waals surface area contributed by atoms with Gasteiger partial charge < -0.3 is 9.84 Å². The first-order chi connectivity index (χ1) is 15.9. The third kappa shape index (κ3) is 5.61. The Morgan fingerprint density at radius 2 is 1.88 bits per heavy atom. The van der Waals surface area contributed by atoms with Crippen LogP contribution in [0.4, 0.5) is 8.78 Å². The molecule has 11 heteroatoms. The second kappa shape index (κ2) is 10.0. The number of benzene rings is 2. The lowest BCUT2D eigenvalue weighted by molar-refractivity contribution is -0.0891. The number of nitrogens with zero attached hydrogens (tertiary/aromatic N) is 3. The van der Waals surface area contributed by atoms with Crippen molar-refractivity contribution in [1.29, 1.82) is 0 Å². The summed E-state index contributed by atoms with van der Waals surface area (Å²) in [5.74, 6) is -0.903. The number of hydrogen-bond acceptors (Lipinski definition) is 6. The summed E-state index contributed by atoms with van der Waals surface area (Å²) in [6, 6.07) is 10.2. The van der Waals surface area contributed by atoms with Gasteiger partial charge in [-0.1, -0.05) is 17.3 Å². The van der Waals surface area contributed by atoms with Crippen molar-refractivity contribution in [3.8, 4) is 11.3 Å². The van der Waals surface area contributed by atoms with Crippen LogP contribution in [0.25, 0.3) is 11.3 Å². The Balaban J connectivity index is 1.34. The van der Waals surface area contributed by atoms with Gasteiger partial charge in [0.15, 0.2) is 0 Å². The van der Waals surface area contributed by atoms with Crippen LogP contribution < -0.4 is 4.72 Å². The Morgan fingerprint density at radius 1 is 1.12 bits per heavy atom. The fraction of sp³-hybridized carbons (Fsp3) is 0.364. The molecule has 33 heavy (non-hydrogen) atoms. The maximum absolute atomic E-state index is 13.9. The molecule has 1 aromatic heterocycles. The van der Waals surface area contributed by atoms with E-state index in [0.29, 0.717) is 37.1 Å². The van der Waals surface area contributed by atoms with Crippen LogP contribution in [0.5, 0.6) is 0 Å². The minimum Gasteiger partial charge on any atom is -0.394 e. The van der Waals surface area contributed by atoms with Crippen molar-refractivity contribution in [3.63, 3.8) is 0 Å². The van der Waals surface area contributed by atoms with Crippen LogP contribution in [-0.4, -0.2) is 53.4 Å². The van der Waals surface area contributed by atoms with Crippen LogP contribution in [-0.2, 0) is 21.3 Å². The number of aliphatic hydroxyl groups is 1. The highest BCUT2D eigenvalue weighted by molar-refractivity contribution is 7.89. The smallest absolute Gasteiger partial charge is 0.240 e. The third-order valence-electron chi connectivity index (χ3n) is 5.59. The van der Waals surface area contributed by atoms with Gasteiger partial charge in [0.2, 0.25) is 10.0 Å². The van der Waals surface area contributed by atoms with Crippen molar-refractivity contribution >= 4 is 10.0 Å². The Morgan fingerprint density at radius 3 is 2.61 bits per heavy atom. The molecule has 2 N–H and O–H groups in total. The normalized spacial score (nSPS) is 21.2. The largest absolute Gasteiger partial charge is 0.394 e. The number of aryl methyl sites for hydroxylation is 1. The first kappa shape index (κ1) is 23.4. The highest BCUT2D eigenvalue weighted by atomic mass is 32.2. The second-order valence-electron chi connectivity index (χ2n) is 7.87. The maximum Gasteiger partial charge on any atom is 0.240 e. The lowest BCUT2D eigenvalue weighted by Gasteiger charge is -2.36. The van der Waals surface area contributed by atoms with Gasteiger partial charge in [-0.05, 0) is 55.7 Å². The first-order valence-corrected chi connectivity index (χ1v) is 12.0. The standard InChI is InChI=1S/C22H24F2N4O4S/c23-15-5-8-17(9-6-15)33(30,31)26-20-10-7-16(32-22(20)14-29)11-12-28-13-21(25-27-28)18-3-1-2-4-19(18)24/h1-6,8-9,13,16,20,22,26,29H,7,10-12,14H2/t16-,20+,22-/m1/s1. The summed E-state index contributed by atoms with van der Waals surface area (Å²) in [7, 11) is -3.88. The number of aliphatic hydroxyl groups excluding tert-OH is 1. The fourth-order valence-electron chi connectivity index (χ4n) is 3.84. The number of rotatable bonds is 8. The molecule has 0 radical (unpaired) electrons. The molecule has 1 saturated heterocycles. The van der Waals surface area contributed by atoms with E-state index in [1.165, 1.54) is 18.2 Å². The van der Waals surface area contributed by atoms with Gasteiger partial charge in [0.05, 0.1) is 35.9 Å². The van der Waals surface area contributed by atoms with Crippen molar-refractivity contribution in [1.82, 2.24) is 19.7 Å². The maximum atomic E-state index is 13.9. The fourth-order valence-corrected chi connectivity index (χ4v) is 5.13. The minimum absolute atomic E-state index is 0.0560. The SMILES string of the molecule is O=S(=O)(N[C@H]1CC[C@H](CCn2cc(-c3ccccc3F)nn2)O[C@@H]1CO)c1ccc(F)cc1. The lowest BCUT2D eigenvalue weighted by Crippen LogP contribution is -2.50. The van der Waals surface area contributed by atoms with Crippen molar-refractivity contribution < 1.29 is 27.0 Å². The molecule has 4 rings (SSSR count). The van der Waals surface area contributed by atoms with Gasteiger partial charge in [0.25, 0.3) is 0 Å². The van der Waals surface area contributed by atoms with Gasteiger partial charge in [-0.15, -0.1) is 5.10 Å². The van der Waals surface area contributed by atoms with Gasteiger partial charge in [-0.3, -0.25) is 4.68 Å². The van der Waals surface area contributed by atoms with E-state index in [0.717, 1.165) is 12.1 Å². The van der Waals surface area contributed by atoms with Crippen molar-refractivity contribution in [2.75, 3.05) is 6.61 Å². The molecule has 0 bridgehead atoms. The van der Waals surface area contributed by atoms with Crippen LogP contribution in [0.15, 0.2) is 59.6 Å². The van der Waals surface area contributed by atoms with Crippen LogP contribution in [0.2, 0.25) is 0 Å². The molecular formula is C22H24F2N4O4S. The third-order valence-corrected chi connectivity index (χ3v) is 7.10. The molecule has 8 nitrogen and oxygen atoms in total. The topological polar surface area (TPSA) is 106 Å². The molecule has 176 valence electrons. The Hall–Kier alpha value is -2.73. The van der Waals surface area contributed by atoms with Crippen LogP contribution in [0.1, 0.15) is 19.3 Å². The molecule has 0 spiro atoms. The predicted octanol–water partition coefficient (Wildman–Crippen LogP) is 2.50. The zero-order chi connectivity index (χ0) is 23.4. The van der Waals surface area contributed by atoms with E-state index in [4.69, 9.17) is 4.74 Å². The molecule has 0 unspecified atom stereocenters. The Bertz CT molecular complexity index is 1190. The van der Waals surface area contributed by atoms with Crippen molar-refractivity contribution in [2.24, 2.45) is 0 Å². The van der Waals surface area contributed by atoms with Gasteiger partial charge in [0.1, 0.15) is 17.3 Å². The van der Waals surface area contributed by atoms with Crippen molar-refractivity contribution in [2.45, 2.75) is 49.0 Å². The summed E-state index contributed by atoms with van der Waals surface area (Å²) in [5.41, 5.74) is 0.801. The van der Waals surface area contributed by atoms with Gasteiger partial charge in [-0.2, -0.15) is 0 Å². The quantitative estimate of drug-likeness (QED) is 0.515. The zero-order valence-corrected chi connectivity index (χ0v) is 18.5. The summed E-state index contributed by atoms with van der Waals surface area (Å²) in [5, 5.41) is 17.8. The van der Waals surface area contributed by atoms with Crippen LogP contribution in [0.3, 0.4) is 0 Å². The zero-order valence-electron chi connectivity index (χ0n) is 17.6. The number of hydrogen-bond donors (Lipinski definition) is 2. The molecule has 3 aromatic rings. The minimum atomic E-state index is -3.88. The molecule has 2 aromatic carbocycles. The van der Waals surface area contributed by atoms with Gasteiger partial charge in [-0.25, -0.2) is 21.9 Å². The van der Waals surface area contributed by atoms with E-state index >= 15 is 0 Å². The molecular weight excluding hydrogens is 454 g/mol. The highest BCUT2D eigenvalue weighted by Gasteiger charge is 2.34. The number of sulfonamides is 1. The molecule has 1 aliphatic rings. The number of ether oxygens (including phenoxy) is 1. The van der Waals surface area contributed by atoms with Crippen LogP contribution in [0, 0.1) is 11.6 Å². The summed E-state index contributed by atoms with van der Waals surface area (Å²) in [4.78, 5) is -0.0560. The van der Waals surface area contributed by atoms with Crippen LogP contribution >= 0.6 is 0 Å². The predicted molar refractivity (Wildman–Crippen MR) is 116 cm³/mol. The van der Waals surface area contributed by atoms with E-state index in [2.05, 4.69) is 15.0 Å². The monoisotopic (exact) mass is 478 g/mol. The van der Waals surface area contributed by atoms with E-state index in [-0.39, 0.29) is 23.4 Å². The Labute approximate surface area is 190 Å². The molecule has 0 aliphatic carbocycles. The van der Waals surface area contributed by atoms with Gasteiger partial charge in [0, 0.05) is 12.1 Å². The average Bonchev–Trinajstić information content (AvgIpc) is 3.27. The van der Waals surface area contributed by atoms with Crippen molar-refractivity contribution in [3.05, 3.63) is 66.4 Å². The highest BCUT2D eigenvalue weighted by Crippen LogP contribution is 2.25. The molecule has 3 atom stereocenters. The summed E-state index contributed by atoms with van der Waals surface area (Å²) in [6.07, 6.45) is 2.33. The molecule has 0 saturated carbocycles. The van der Waals surface area contributed by atoms with E-state index in [9.17, 15) is 22.3 Å². The van der Waals surface area contributed by atoms with E-state index < -0.39 is 28.0 Å². The second-order valence-corrected chi connectivity index (χ2v) is 9.59. The summed E-state index contributed by atoms with van der Waals surface area (Å²) >= 11 is 0. The Kier molecular flexibility index (Phi) is 7.13. The molecule has 0 amide bonds. The lowest BCUT2D eigenvalue weighted by atomic mass is 9.98. The number of halogens is 2. The summed E-state index contributed by atoms with van der Waals surface area (Å²) in [6.45, 7) is 0.115. The van der Waals surface area contributed by atoms with E-state index in [1.807, 2.05) is 0 Å².